The number of rotatable bonds is 5. The van der Waals surface area contributed by atoms with Crippen LogP contribution >= 0.6 is 0 Å². The summed E-state index contributed by atoms with van der Waals surface area (Å²) in [4.78, 5) is 0. The highest BCUT2D eigenvalue weighted by molar-refractivity contribution is 5.40. The smallest absolute Gasteiger partial charge is 0.0661 e. The molecule has 0 amide bonds. The minimum Gasteiger partial charge on any atom is -0.393 e. The van der Waals surface area contributed by atoms with Crippen molar-refractivity contribution in [3.05, 3.63) is 23.3 Å². The number of hydrogen-bond donors (Lipinski definition) is 3. The zero-order valence-electron chi connectivity index (χ0n) is 19.8. The van der Waals surface area contributed by atoms with Crippen LogP contribution < -0.4 is 0 Å². The average molecular weight is 417 g/mol. The maximum Gasteiger partial charge on any atom is 0.0661 e. The van der Waals surface area contributed by atoms with Gasteiger partial charge in [-0.25, -0.2) is 0 Å². The van der Waals surface area contributed by atoms with Crippen molar-refractivity contribution in [3.8, 4) is 0 Å². The predicted octanol–water partition coefficient (Wildman–Crippen LogP) is 5.39. The Labute approximate surface area is 183 Å². The van der Waals surface area contributed by atoms with E-state index < -0.39 is 17.8 Å². The van der Waals surface area contributed by atoms with Crippen LogP contribution in [0.4, 0.5) is 0 Å². The SMILES string of the molecule is C[C@@H](CCCC(C)(C)O)[C@H]1CC[C@H]2C3=CC=C4C[C@@H](O)C[C@H](O)[C@]4(C)[C@H]3CC[C@]12C. The molecule has 0 saturated heterocycles. The highest BCUT2D eigenvalue weighted by atomic mass is 16.3. The fourth-order valence-electron chi connectivity index (χ4n) is 8.08. The summed E-state index contributed by atoms with van der Waals surface area (Å²) < 4.78 is 0. The lowest BCUT2D eigenvalue weighted by Gasteiger charge is -2.56. The molecule has 0 radical (unpaired) electrons. The van der Waals surface area contributed by atoms with Crippen molar-refractivity contribution in [2.75, 3.05) is 0 Å². The van der Waals surface area contributed by atoms with Gasteiger partial charge in [0.05, 0.1) is 17.8 Å². The van der Waals surface area contributed by atoms with Gasteiger partial charge in [0.15, 0.2) is 0 Å². The molecule has 8 atom stereocenters. The number of aliphatic hydroxyl groups excluding tert-OH is 2. The van der Waals surface area contributed by atoms with Crippen LogP contribution in [0.3, 0.4) is 0 Å². The number of hydrogen-bond acceptors (Lipinski definition) is 3. The second kappa shape index (κ2) is 7.74. The summed E-state index contributed by atoms with van der Waals surface area (Å²) in [5, 5.41) is 31.3. The van der Waals surface area contributed by atoms with E-state index in [1.165, 1.54) is 31.3 Å². The third-order valence-electron chi connectivity index (χ3n) is 9.86. The van der Waals surface area contributed by atoms with Gasteiger partial charge in [-0.2, -0.15) is 0 Å². The molecule has 0 aromatic heterocycles. The summed E-state index contributed by atoms with van der Waals surface area (Å²) in [6.07, 6.45) is 13.2. The van der Waals surface area contributed by atoms with Gasteiger partial charge >= 0.3 is 0 Å². The minimum atomic E-state index is -0.555. The molecule has 0 aromatic carbocycles. The second-order valence-corrected chi connectivity index (χ2v) is 12.3. The molecule has 3 saturated carbocycles. The van der Waals surface area contributed by atoms with Crippen molar-refractivity contribution >= 4 is 0 Å². The van der Waals surface area contributed by atoms with Crippen molar-refractivity contribution in [2.24, 2.45) is 34.5 Å². The van der Waals surface area contributed by atoms with E-state index in [0.717, 1.165) is 31.6 Å². The topological polar surface area (TPSA) is 60.7 Å². The highest BCUT2D eigenvalue weighted by Crippen LogP contribution is 2.66. The van der Waals surface area contributed by atoms with Gasteiger partial charge in [-0.3, -0.25) is 0 Å². The van der Waals surface area contributed by atoms with Gasteiger partial charge < -0.3 is 15.3 Å². The fraction of sp³-hybridized carbons (Fsp3) is 0.852. The molecular weight excluding hydrogens is 372 g/mol. The van der Waals surface area contributed by atoms with Crippen molar-refractivity contribution < 1.29 is 15.3 Å². The first-order chi connectivity index (χ1) is 14.0. The molecular formula is C27H44O3. The van der Waals surface area contributed by atoms with E-state index in [1.807, 2.05) is 13.8 Å². The van der Waals surface area contributed by atoms with Crippen LogP contribution in [-0.2, 0) is 0 Å². The van der Waals surface area contributed by atoms with Gasteiger partial charge in [0.2, 0.25) is 0 Å². The highest BCUT2D eigenvalue weighted by Gasteiger charge is 2.58. The largest absolute Gasteiger partial charge is 0.393 e. The third-order valence-corrected chi connectivity index (χ3v) is 9.86. The van der Waals surface area contributed by atoms with Gasteiger partial charge in [-0.05, 0) is 81.5 Å². The Bertz CT molecular complexity index is 716. The number of fused-ring (bicyclic) bond motifs is 5. The predicted molar refractivity (Wildman–Crippen MR) is 122 cm³/mol. The first kappa shape index (κ1) is 22.6. The van der Waals surface area contributed by atoms with E-state index in [4.69, 9.17) is 0 Å². The lowest BCUT2D eigenvalue weighted by molar-refractivity contribution is -0.0545. The molecule has 0 heterocycles. The Morgan fingerprint density at radius 3 is 2.53 bits per heavy atom. The van der Waals surface area contributed by atoms with Gasteiger partial charge in [-0.1, -0.05) is 56.9 Å². The second-order valence-electron chi connectivity index (χ2n) is 12.3. The standard InChI is InChI=1S/C27H44O3/c1-17(7-6-13-25(2,3)30)21-10-11-22-20-9-8-18-15-19(28)16-24(29)27(18,5)23(20)12-14-26(21,22)4/h8-9,17,19,21-24,28-30H,6-7,10-16H2,1-5H3/t17-,19+,21+,22-,23-,24-,26+,27-/m0/s1. The van der Waals surface area contributed by atoms with Crippen LogP contribution in [0, 0.1) is 34.5 Å². The third kappa shape index (κ3) is 3.63. The average Bonchev–Trinajstić information content (AvgIpc) is 2.99. The number of allylic oxidation sites excluding steroid dienone is 3. The molecule has 0 spiro atoms. The van der Waals surface area contributed by atoms with Gasteiger partial charge in [0, 0.05) is 11.8 Å². The van der Waals surface area contributed by atoms with E-state index in [0.29, 0.717) is 29.6 Å². The first-order valence-electron chi connectivity index (χ1n) is 12.5. The molecule has 3 N–H and O–H groups in total. The zero-order chi connectivity index (χ0) is 21.9. The van der Waals surface area contributed by atoms with Gasteiger partial charge in [-0.15, -0.1) is 0 Å². The van der Waals surface area contributed by atoms with Gasteiger partial charge in [0.25, 0.3) is 0 Å². The summed E-state index contributed by atoms with van der Waals surface area (Å²) >= 11 is 0. The van der Waals surface area contributed by atoms with Crippen LogP contribution in [-0.4, -0.2) is 33.1 Å². The van der Waals surface area contributed by atoms with E-state index in [-0.39, 0.29) is 5.41 Å². The Kier molecular flexibility index (Phi) is 5.82. The Morgan fingerprint density at radius 2 is 1.83 bits per heavy atom. The van der Waals surface area contributed by atoms with E-state index in [2.05, 4.69) is 32.9 Å². The van der Waals surface area contributed by atoms with Crippen LogP contribution in [0.1, 0.15) is 92.4 Å². The Hall–Kier alpha value is -0.640. The van der Waals surface area contributed by atoms with Crippen molar-refractivity contribution in [2.45, 2.75) is 110 Å². The maximum absolute atomic E-state index is 11.0. The molecule has 0 unspecified atom stereocenters. The molecule has 0 aromatic rings. The quantitative estimate of drug-likeness (QED) is 0.563. The monoisotopic (exact) mass is 416 g/mol. The molecule has 3 nitrogen and oxygen atoms in total. The van der Waals surface area contributed by atoms with Crippen molar-refractivity contribution in [3.63, 3.8) is 0 Å². The van der Waals surface area contributed by atoms with Crippen molar-refractivity contribution in [1.29, 1.82) is 0 Å². The molecule has 3 heteroatoms. The molecule has 3 fully saturated rings. The van der Waals surface area contributed by atoms with Crippen molar-refractivity contribution in [1.82, 2.24) is 0 Å². The molecule has 0 bridgehead atoms. The lowest BCUT2D eigenvalue weighted by atomic mass is 9.49. The van der Waals surface area contributed by atoms with Crippen LogP contribution in [0.2, 0.25) is 0 Å². The van der Waals surface area contributed by atoms with Crippen LogP contribution in [0.15, 0.2) is 23.3 Å². The van der Waals surface area contributed by atoms with E-state index in [1.54, 1.807) is 5.57 Å². The van der Waals surface area contributed by atoms with E-state index in [9.17, 15) is 15.3 Å². The summed E-state index contributed by atoms with van der Waals surface area (Å²) in [5.74, 6) is 2.51. The first-order valence-corrected chi connectivity index (χ1v) is 12.5. The maximum atomic E-state index is 11.0. The Morgan fingerprint density at radius 1 is 1.10 bits per heavy atom. The normalized spacial score (nSPS) is 44.5. The number of aliphatic hydroxyl groups is 3. The lowest BCUT2D eigenvalue weighted by Crippen LogP contribution is -2.52. The minimum absolute atomic E-state index is 0.193. The molecule has 30 heavy (non-hydrogen) atoms. The van der Waals surface area contributed by atoms with Crippen LogP contribution in [0.5, 0.6) is 0 Å². The zero-order valence-corrected chi connectivity index (χ0v) is 19.8. The summed E-state index contributed by atoms with van der Waals surface area (Å²) in [5.41, 5.74) is 2.47. The molecule has 170 valence electrons. The molecule has 0 aliphatic heterocycles. The molecule has 4 aliphatic rings. The van der Waals surface area contributed by atoms with Gasteiger partial charge in [0.1, 0.15) is 0 Å². The summed E-state index contributed by atoms with van der Waals surface area (Å²) in [7, 11) is 0. The summed E-state index contributed by atoms with van der Waals surface area (Å²) in [6, 6.07) is 0. The fourth-order valence-corrected chi connectivity index (χ4v) is 8.08. The molecule has 4 aliphatic carbocycles. The Balaban J connectivity index is 1.53. The molecule has 4 rings (SSSR count). The van der Waals surface area contributed by atoms with E-state index >= 15 is 0 Å². The van der Waals surface area contributed by atoms with Crippen LogP contribution in [0.25, 0.3) is 0 Å². The summed E-state index contributed by atoms with van der Waals surface area (Å²) in [6.45, 7) is 11.1.